The number of halogens is 1. The van der Waals surface area contributed by atoms with Crippen molar-refractivity contribution in [2.45, 2.75) is 26.8 Å². The molecule has 0 bridgehead atoms. The summed E-state index contributed by atoms with van der Waals surface area (Å²) in [5, 5.41) is 2.79. The standard InChI is InChI=1S/C19H24FN3O2/c1-5-23(12-18(24)21-13(2)3)19(25)17-11-10-16(22(17)4)14-6-8-15(20)9-7-14/h6-11,13H,5,12H2,1-4H3,(H,21,24). The maximum absolute atomic E-state index is 13.1. The van der Waals surface area contributed by atoms with Crippen LogP contribution in [0.5, 0.6) is 0 Å². The summed E-state index contributed by atoms with van der Waals surface area (Å²) < 4.78 is 14.9. The molecule has 2 amide bonds. The van der Waals surface area contributed by atoms with E-state index in [1.807, 2.05) is 26.8 Å². The van der Waals surface area contributed by atoms with Gasteiger partial charge >= 0.3 is 0 Å². The summed E-state index contributed by atoms with van der Waals surface area (Å²) in [7, 11) is 1.79. The van der Waals surface area contributed by atoms with Crippen LogP contribution >= 0.6 is 0 Å². The van der Waals surface area contributed by atoms with Gasteiger partial charge in [-0.25, -0.2) is 4.39 Å². The van der Waals surface area contributed by atoms with Gasteiger partial charge in [-0.15, -0.1) is 0 Å². The predicted molar refractivity (Wildman–Crippen MR) is 95.7 cm³/mol. The smallest absolute Gasteiger partial charge is 0.270 e. The Morgan fingerprint density at radius 1 is 1.16 bits per heavy atom. The second kappa shape index (κ2) is 7.96. The molecule has 0 fully saturated rings. The number of amides is 2. The first kappa shape index (κ1) is 18.7. The van der Waals surface area contributed by atoms with Crippen LogP contribution in [0.4, 0.5) is 4.39 Å². The molecular formula is C19H24FN3O2. The lowest BCUT2D eigenvalue weighted by molar-refractivity contribution is -0.122. The first-order chi connectivity index (χ1) is 11.8. The van der Waals surface area contributed by atoms with Gasteiger partial charge in [0, 0.05) is 25.3 Å². The zero-order chi connectivity index (χ0) is 18.6. The van der Waals surface area contributed by atoms with Crippen molar-refractivity contribution in [2.75, 3.05) is 13.1 Å². The van der Waals surface area contributed by atoms with Crippen molar-refractivity contribution in [1.82, 2.24) is 14.8 Å². The number of hydrogen-bond donors (Lipinski definition) is 1. The summed E-state index contributed by atoms with van der Waals surface area (Å²) in [5.41, 5.74) is 2.12. The van der Waals surface area contributed by atoms with Crippen molar-refractivity contribution < 1.29 is 14.0 Å². The van der Waals surface area contributed by atoms with E-state index in [1.165, 1.54) is 17.0 Å². The monoisotopic (exact) mass is 345 g/mol. The van der Waals surface area contributed by atoms with Crippen molar-refractivity contribution in [3.8, 4) is 11.3 Å². The van der Waals surface area contributed by atoms with Gasteiger partial charge in [0.2, 0.25) is 5.91 Å². The van der Waals surface area contributed by atoms with E-state index in [0.717, 1.165) is 11.3 Å². The number of carbonyl (C=O) groups is 2. The highest BCUT2D eigenvalue weighted by Crippen LogP contribution is 2.22. The van der Waals surface area contributed by atoms with E-state index in [4.69, 9.17) is 0 Å². The molecule has 1 aromatic carbocycles. The minimum absolute atomic E-state index is 0.0184. The quantitative estimate of drug-likeness (QED) is 0.875. The van der Waals surface area contributed by atoms with Crippen LogP contribution in [0.1, 0.15) is 31.3 Å². The molecule has 0 saturated carbocycles. The Bertz CT molecular complexity index is 751. The Hall–Kier alpha value is -2.63. The molecule has 0 aliphatic carbocycles. The van der Waals surface area contributed by atoms with Crippen molar-refractivity contribution in [3.63, 3.8) is 0 Å². The van der Waals surface area contributed by atoms with Crippen molar-refractivity contribution >= 4 is 11.8 Å². The number of rotatable bonds is 6. The molecule has 25 heavy (non-hydrogen) atoms. The van der Waals surface area contributed by atoms with Crippen LogP contribution in [0, 0.1) is 5.82 Å². The molecule has 5 nitrogen and oxygen atoms in total. The highest BCUT2D eigenvalue weighted by molar-refractivity contribution is 5.96. The fourth-order valence-electron chi connectivity index (χ4n) is 2.67. The molecule has 0 spiro atoms. The van der Waals surface area contributed by atoms with Gasteiger partial charge < -0.3 is 14.8 Å². The summed E-state index contributed by atoms with van der Waals surface area (Å²) in [6.45, 7) is 6.04. The molecule has 0 aliphatic heterocycles. The molecule has 6 heteroatoms. The number of nitrogens with zero attached hydrogens (tertiary/aromatic N) is 2. The van der Waals surface area contributed by atoms with Gasteiger partial charge in [-0.05, 0) is 62.7 Å². The first-order valence-electron chi connectivity index (χ1n) is 8.33. The Labute approximate surface area is 147 Å². The molecule has 1 aromatic heterocycles. The highest BCUT2D eigenvalue weighted by atomic mass is 19.1. The zero-order valence-electron chi connectivity index (χ0n) is 15.0. The molecule has 1 heterocycles. The Kier molecular flexibility index (Phi) is 5.96. The third kappa shape index (κ3) is 4.47. The molecule has 1 N–H and O–H groups in total. The average Bonchev–Trinajstić information content (AvgIpc) is 2.93. The third-order valence-electron chi connectivity index (χ3n) is 3.93. The van der Waals surface area contributed by atoms with Gasteiger partial charge in [-0.1, -0.05) is 0 Å². The van der Waals surface area contributed by atoms with Gasteiger partial charge in [0.05, 0.1) is 6.54 Å². The predicted octanol–water partition coefficient (Wildman–Crippen LogP) is 2.82. The van der Waals surface area contributed by atoms with Crippen LogP contribution in [0.25, 0.3) is 11.3 Å². The molecule has 2 rings (SSSR count). The fourth-order valence-corrected chi connectivity index (χ4v) is 2.67. The van der Waals surface area contributed by atoms with Crippen molar-refractivity contribution in [2.24, 2.45) is 7.05 Å². The van der Waals surface area contributed by atoms with Gasteiger partial charge in [0.25, 0.3) is 5.91 Å². The molecular weight excluding hydrogens is 321 g/mol. The molecule has 2 aromatic rings. The summed E-state index contributed by atoms with van der Waals surface area (Å²) in [4.78, 5) is 26.2. The van der Waals surface area contributed by atoms with E-state index in [9.17, 15) is 14.0 Å². The average molecular weight is 345 g/mol. The number of carbonyl (C=O) groups excluding carboxylic acids is 2. The maximum Gasteiger partial charge on any atom is 0.270 e. The molecule has 134 valence electrons. The number of likely N-dealkylation sites (N-methyl/N-ethyl adjacent to an activating group) is 1. The molecule has 0 unspecified atom stereocenters. The van der Waals surface area contributed by atoms with E-state index in [1.54, 1.807) is 29.8 Å². The number of aromatic nitrogens is 1. The van der Waals surface area contributed by atoms with Crippen molar-refractivity contribution in [1.29, 1.82) is 0 Å². The summed E-state index contributed by atoms with van der Waals surface area (Å²) in [5.74, 6) is -0.696. The largest absolute Gasteiger partial charge is 0.352 e. The molecule has 0 radical (unpaired) electrons. The fraction of sp³-hybridized carbons (Fsp3) is 0.368. The van der Waals surface area contributed by atoms with Crippen LogP contribution in [0.3, 0.4) is 0 Å². The number of benzene rings is 1. The van der Waals surface area contributed by atoms with E-state index >= 15 is 0 Å². The van der Waals surface area contributed by atoms with Gasteiger partial charge in [-0.3, -0.25) is 9.59 Å². The third-order valence-corrected chi connectivity index (χ3v) is 3.93. The number of hydrogen-bond acceptors (Lipinski definition) is 2. The summed E-state index contributed by atoms with van der Waals surface area (Å²) in [6, 6.07) is 9.70. The lowest BCUT2D eigenvalue weighted by atomic mass is 10.1. The second-order valence-electron chi connectivity index (χ2n) is 6.21. The topological polar surface area (TPSA) is 54.3 Å². The van der Waals surface area contributed by atoms with Gasteiger partial charge in [0.15, 0.2) is 0 Å². The molecule has 0 aliphatic rings. The Morgan fingerprint density at radius 3 is 2.36 bits per heavy atom. The SMILES string of the molecule is CCN(CC(=O)NC(C)C)C(=O)c1ccc(-c2ccc(F)cc2)n1C. The second-order valence-corrected chi connectivity index (χ2v) is 6.21. The molecule has 0 atom stereocenters. The zero-order valence-corrected chi connectivity index (χ0v) is 15.0. The number of nitrogens with one attached hydrogen (secondary N) is 1. The highest BCUT2D eigenvalue weighted by Gasteiger charge is 2.21. The van der Waals surface area contributed by atoms with Gasteiger partial charge in [0.1, 0.15) is 11.5 Å². The van der Waals surface area contributed by atoms with E-state index in [0.29, 0.717) is 12.2 Å². The Morgan fingerprint density at radius 2 is 1.80 bits per heavy atom. The lowest BCUT2D eigenvalue weighted by Crippen LogP contribution is -2.43. The van der Waals surface area contributed by atoms with Gasteiger partial charge in [-0.2, -0.15) is 0 Å². The normalized spacial score (nSPS) is 10.8. The minimum Gasteiger partial charge on any atom is -0.352 e. The van der Waals surface area contributed by atoms with E-state index in [2.05, 4.69) is 5.32 Å². The lowest BCUT2D eigenvalue weighted by Gasteiger charge is -2.21. The van der Waals surface area contributed by atoms with E-state index < -0.39 is 0 Å². The van der Waals surface area contributed by atoms with Crippen LogP contribution in [-0.4, -0.2) is 40.4 Å². The Balaban J connectivity index is 2.21. The first-order valence-corrected chi connectivity index (χ1v) is 8.33. The van der Waals surface area contributed by atoms with Crippen LogP contribution in [0.15, 0.2) is 36.4 Å². The van der Waals surface area contributed by atoms with Crippen LogP contribution < -0.4 is 5.32 Å². The van der Waals surface area contributed by atoms with Crippen LogP contribution in [-0.2, 0) is 11.8 Å². The summed E-state index contributed by atoms with van der Waals surface area (Å²) in [6.07, 6.45) is 0. The maximum atomic E-state index is 13.1. The van der Waals surface area contributed by atoms with Crippen molar-refractivity contribution in [3.05, 3.63) is 47.9 Å². The minimum atomic E-state index is -0.303. The molecule has 0 saturated heterocycles. The van der Waals surface area contributed by atoms with E-state index in [-0.39, 0.29) is 30.2 Å². The van der Waals surface area contributed by atoms with Crippen LogP contribution in [0.2, 0.25) is 0 Å². The summed E-state index contributed by atoms with van der Waals surface area (Å²) >= 11 is 0.